The highest BCUT2D eigenvalue weighted by Crippen LogP contribution is 2.09. The standard InChI is InChI=1S/C12H26N6O3/c13-1-4-16-10(19)7-9(12(21)18-6-3-15)8-11(20)17-5-2-14/h9H,1-8,13-15H2,(H,16,19)(H,17,20)(H,18,21). The summed E-state index contributed by atoms with van der Waals surface area (Å²) in [6.07, 6.45) is -0.154. The summed E-state index contributed by atoms with van der Waals surface area (Å²) in [4.78, 5) is 35.3. The minimum absolute atomic E-state index is 0.0769. The maximum Gasteiger partial charge on any atom is 0.224 e. The van der Waals surface area contributed by atoms with Gasteiger partial charge < -0.3 is 33.2 Å². The molecule has 0 aliphatic heterocycles. The number of carbonyl (C=O) groups excluding carboxylic acids is 3. The lowest BCUT2D eigenvalue weighted by atomic mass is 9.99. The molecule has 0 aliphatic rings. The number of hydrogen-bond donors (Lipinski definition) is 6. The van der Waals surface area contributed by atoms with Crippen molar-refractivity contribution in [1.29, 1.82) is 0 Å². The fourth-order valence-electron chi connectivity index (χ4n) is 1.61. The highest BCUT2D eigenvalue weighted by Gasteiger charge is 2.24. The third-order valence-corrected chi connectivity index (χ3v) is 2.61. The lowest BCUT2D eigenvalue weighted by Gasteiger charge is -2.16. The van der Waals surface area contributed by atoms with Crippen LogP contribution in [0.5, 0.6) is 0 Å². The summed E-state index contributed by atoms with van der Waals surface area (Å²) in [6, 6.07) is 0. The van der Waals surface area contributed by atoms with Crippen LogP contribution in [0.25, 0.3) is 0 Å². The van der Waals surface area contributed by atoms with Gasteiger partial charge in [-0.2, -0.15) is 0 Å². The molecule has 3 amide bonds. The molecule has 0 rings (SSSR count). The summed E-state index contributed by atoms with van der Waals surface area (Å²) in [5.41, 5.74) is 15.9. The van der Waals surface area contributed by atoms with E-state index in [0.717, 1.165) is 0 Å². The molecule has 9 heteroatoms. The Balaban J connectivity index is 4.49. The molecule has 0 fully saturated rings. The van der Waals surface area contributed by atoms with Crippen LogP contribution in [-0.2, 0) is 14.4 Å². The van der Waals surface area contributed by atoms with Gasteiger partial charge in [-0.1, -0.05) is 0 Å². The van der Waals surface area contributed by atoms with Gasteiger partial charge in [-0.15, -0.1) is 0 Å². The predicted octanol–water partition coefficient (Wildman–Crippen LogP) is -3.39. The molecule has 0 saturated carbocycles. The van der Waals surface area contributed by atoms with Crippen molar-refractivity contribution in [2.24, 2.45) is 23.1 Å². The Morgan fingerprint density at radius 3 is 1.48 bits per heavy atom. The van der Waals surface area contributed by atoms with Gasteiger partial charge in [0.05, 0.1) is 5.92 Å². The second-order valence-corrected chi connectivity index (χ2v) is 4.46. The Labute approximate surface area is 124 Å². The van der Waals surface area contributed by atoms with E-state index in [1.165, 1.54) is 0 Å². The van der Waals surface area contributed by atoms with Crippen LogP contribution in [0.1, 0.15) is 12.8 Å². The number of hydrogen-bond acceptors (Lipinski definition) is 6. The minimum atomic E-state index is -0.743. The third-order valence-electron chi connectivity index (χ3n) is 2.61. The molecule has 0 aromatic rings. The SMILES string of the molecule is NCCNC(=O)CC(CC(=O)NCCN)C(=O)NCCN. The van der Waals surface area contributed by atoms with Crippen molar-refractivity contribution in [2.75, 3.05) is 39.3 Å². The first-order chi connectivity index (χ1) is 10.0. The van der Waals surface area contributed by atoms with Gasteiger partial charge in [-0.3, -0.25) is 14.4 Å². The Morgan fingerprint density at radius 2 is 1.10 bits per heavy atom. The molecule has 9 N–H and O–H groups in total. The van der Waals surface area contributed by atoms with E-state index in [0.29, 0.717) is 32.7 Å². The fourth-order valence-corrected chi connectivity index (χ4v) is 1.61. The van der Waals surface area contributed by atoms with Crippen LogP contribution in [-0.4, -0.2) is 57.0 Å². The highest BCUT2D eigenvalue weighted by molar-refractivity contribution is 5.90. The zero-order valence-corrected chi connectivity index (χ0v) is 12.2. The first kappa shape index (κ1) is 19.3. The van der Waals surface area contributed by atoms with Crippen LogP contribution in [0.3, 0.4) is 0 Å². The maximum absolute atomic E-state index is 11.9. The lowest BCUT2D eigenvalue weighted by Crippen LogP contribution is -2.40. The Bertz CT molecular complexity index is 315. The average molecular weight is 302 g/mol. The second kappa shape index (κ2) is 12.1. The summed E-state index contributed by atoms with van der Waals surface area (Å²) < 4.78 is 0. The molecule has 0 unspecified atom stereocenters. The van der Waals surface area contributed by atoms with Gasteiger partial charge in [0.25, 0.3) is 0 Å². The molecule has 0 radical (unpaired) electrons. The molecule has 0 spiro atoms. The van der Waals surface area contributed by atoms with Crippen LogP contribution in [0.15, 0.2) is 0 Å². The molecular formula is C12H26N6O3. The number of nitrogens with two attached hydrogens (primary N) is 3. The molecule has 122 valence electrons. The smallest absolute Gasteiger partial charge is 0.224 e. The van der Waals surface area contributed by atoms with Crippen molar-refractivity contribution in [3.63, 3.8) is 0 Å². The third kappa shape index (κ3) is 9.77. The topological polar surface area (TPSA) is 165 Å². The molecule has 0 bridgehead atoms. The molecular weight excluding hydrogens is 276 g/mol. The van der Waals surface area contributed by atoms with E-state index in [1.54, 1.807) is 0 Å². The van der Waals surface area contributed by atoms with Gasteiger partial charge in [0.2, 0.25) is 17.7 Å². The Morgan fingerprint density at radius 1 is 0.714 bits per heavy atom. The number of amides is 3. The van der Waals surface area contributed by atoms with Gasteiger partial charge in [0.1, 0.15) is 0 Å². The monoisotopic (exact) mass is 302 g/mol. The normalized spacial score (nSPS) is 10.3. The minimum Gasteiger partial charge on any atom is -0.355 e. The molecule has 21 heavy (non-hydrogen) atoms. The van der Waals surface area contributed by atoms with Crippen LogP contribution in [0, 0.1) is 5.92 Å². The van der Waals surface area contributed by atoms with Crippen molar-refractivity contribution in [2.45, 2.75) is 12.8 Å². The quantitative estimate of drug-likeness (QED) is 0.233. The van der Waals surface area contributed by atoms with E-state index in [4.69, 9.17) is 17.2 Å². The van der Waals surface area contributed by atoms with E-state index >= 15 is 0 Å². The van der Waals surface area contributed by atoms with Gasteiger partial charge in [0.15, 0.2) is 0 Å². The molecule has 0 heterocycles. The van der Waals surface area contributed by atoms with Gasteiger partial charge in [0, 0.05) is 52.1 Å². The van der Waals surface area contributed by atoms with Crippen molar-refractivity contribution in [3.05, 3.63) is 0 Å². The Kier molecular flexibility index (Phi) is 11.1. The fraction of sp³-hybridized carbons (Fsp3) is 0.750. The molecule has 0 aliphatic carbocycles. The van der Waals surface area contributed by atoms with Gasteiger partial charge in [-0.05, 0) is 0 Å². The van der Waals surface area contributed by atoms with E-state index < -0.39 is 5.92 Å². The lowest BCUT2D eigenvalue weighted by molar-refractivity contribution is -0.133. The van der Waals surface area contributed by atoms with Crippen molar-refractivity contribution < 1.29 is 14.4 Å². The predicted molar refractivity (Wildman–Crippen MR) is 78.9 cm³/mol. The zero-order valence-electron chi connectivity index (χ0n) is 12.2. The first-order valence-electron chi connectivity index (χ1n) is 6.96. The van der Waals surface area contributed by atoms with Gasteiger partial charge >= 0.3 is 0 Å². The van der Waals surface area contributed by atoms with Crippen molar-refractivity contribution >= 4 is 17.7 Å². The largest absolute Gasteiger partial charge is 0.355 e. The van der Waals surface area contributed by atoms with Crippen LogP contribution < -0.4 is 33.2 Å². The van der Waals surface area contributed by atoms with E-state index in [9.17, 15) is 14.4 Å². The molecule has 0 atom stereocenters. The Hall–Kier alpha value is -1.71. The summed E-state index contributed by atoms with van der Waals surface area (Å²) in [5, 5.41) is 7.72. The van der Waals surface area contributed by atoms with Crippen LogP contribution in [0.4, 0.5) is 0 Å². The summed E-state index contributed by atoms with van der Waals surface area (Å²) >= 11 is 0. The second-order valence-electron chi connectivity index (χ2n) is 4.46. The van der Waals surface area contributed by atoms with Gasteiger partial charge in [-0.25, -0.2) is 0 Å². The molecule has 0 saturated heterocycles. The van der Waals surface area contributed by atoms with Crippen molar-refractivity contribution in [3.8, 4) is 0 Å². The van der Waals surface area contributed by atoms with Crippen LogP contribution in [0.2, 0.25) is 0 Å². The number of rotatable bonds is 11. The van der Waals surface area contributed by atoms with E-state index in [-0.39, 0.29) is 37.1 Å². The maximum atomic E-state index is 11.9. The summed E-state index contributed by atoms with van der Waals surface area (Å²) in [7, 11) is 0. The molecule has 9 nitrogen and oxygen atoms in total. The molecule has 0 aromatic heterocycles. The van der Waals surface area contributed by atoms with Crippen LogP contribution >= 0.6 is 0 Å². The summed E-state index contributed by atoms with van der Waals surface area (Å²) in [6.45, 7) is 1.87. The number of nitrogens with one attached hydrogen (secondary N) is 3. The highest BCUT2D eigenvalue weighted by atomic mass is 16.2. The van der Waals surface area contributed by atoms with Crippen molar-refractivity contribution in [1.82, 2.24) is 16.0 Å². The molecule has 0 aromatic carbocycles. The zero-order chi connectivity index (χ0) is 16.1. The van der Waals surface area contributed by atoms with E-state index in [1.807, 2.05) is 0 Å². The van der Waals surface area contributed by atoms with E-state index in [2.05, 4.69) is 16.0 Å². The number of carbonyl (C=O) groups is 3. The summed E-state index contributed by atoms with van der Waals surface area (Å²) in [5.74, 6) is -1.75. The first-order valence-corrected chi connectivity index (χ1v) is 6.96. The average Bonchev–Trinajstić information content (AvgIpc) is 2.47.